The zero-order valence-electron chi connectivity index (χ0n) is 11.1. The molecule has 1 rings (SSSR count). The van der Waals surface area contributed by atoms with Crippen LogP contribution in [0.1, 0.15) is 31.1 Å². The van der Waals surface area contributed by atoms with Crippen LogP contribution in [0.25, 0.3) is 0 Å². The number of rotatable bonds is 3. The van der Waals surface area contributed by atoms with Crippen molar-refractivity contribution in [3.63, 3.8) is 0 Å². The molecule has 2 amide bonds. The molecule has 0 fully saturated rings. The van der Waals surface area contributed by atoms with E-state index in [1.165, 1.54) is 18.2 Å². The fourth-order valence-corrected chi connectivity index (χ4v) is 1.61. The fraction of sp³-hybridized carbons (Fsp3) is 0.385. The molecule has 5 nitrogen and oxygen atoms in total. The summed E-state index contributed by atoms with van der Waals surface area (Å²) in [6.07, 6.45) is 0. The molecule has 0 saturated carbocycles. The summed E-state index contributed by atoms with van der Waals surface area (Å²) in [4.78, 5) is 23.3. The van der Waals surface area contributed by atoms with E-state index in [9.17, 15) is 14.7 Å². The Hall–Kier alpha value is -1.75. The molecule has 104 valence electrons. The summed E-state index contributed by atoms with van der Waals surface area (Å²) < 4.78 is 0. The highest BCUT2D eigenvalue weighted by molar-refractivity contribution is 6.33. The number of phenolic OH excluding ortho intramolecular Hbond substituents is 1. The van der Waals surface area contributed by atoms with Crippen LogP contribution in [0.4, 0.5) is 0 Å². The van der Waals surface area contributed by atoms with E-state index in [1.807, 2.05) is 20.8 Å². The van der Waals surface area contributed by atoms with Gasteiger partial charge in [0.1, 0.15) is 5.75 Å². The highest BCUT2D eigenvalue weighted by Gasteiger charge is 2.16. The second-order valence-corrected chi connectivity index (χ2v) is 5.55. The third-order valence-electron chi connectivity index (χ3n) is 2.12. The van der Waals surface area contributed by atoms with Gasteiger partial charge in [-0.1, -0.05) is 11.6 Å². The molecule has 0 aliphatic carbocycles. The number of carbonyl (C=O) groups is 2. The smallest absolute Gasteiger partial charge is 0.253 e. The molecule has 0 atom stereocenters. The van der Waals surface area contributed by atoms with Crippen LogP contribution in [-0.4, -0.2) is 29.0 Å². The summed E-state index contributed by atoms with van der Waals surface area (Å²) >= 11 is 5.84. The van der Waals surface area contributed by atoms with Gasteiger partial charge in [-0.3, -0.25) is 9.59 Å². The Bertz CT molecular complexity index is 495. The Balaban J connectivity index is 2.61. The van der Waals surface area contributed by atoms with Gasteiger partial charge in [-0.2, -0.15) is 0 Å². The third-order valence-corrected chi connectivity index (χ3v) is 2.45. The van der Waals surface area contributed by atoms with E-state index in [0.717, 1.165) is 0 Å². The summed E-state index contributed by atoms with van der Waals surface area (Å²) in [7, 11) is 0. The predicted octanol–water partition coefficient (Wildman–Crippen LogP) is 1.69. The summed E-state index contributed by atoms with van der Waals surface area (Å²) in [5.74, 6) is -0.865. The first-order valence-corrected chi connectivity index (χ1v) is 6.14. The lowest BCUT2D eigenvalue weighted by molar-refractivity contribution is -0.121. The number of carbonyl (C=O) groups excluding carboxylic acids is 2. The first-order valence-electron chi connectivity index (χ1n) is 5.77. The van der Waals surface area contributed by atoms with Crippen molar-refractivity contribution in [3.8, 4) is 5.75 Å². The number of aromatic hydroxyl groups is 1. The Morgan fingerprint density at radius 2 is 1.95 bits per heavy atom. The van der Waals surface area contributed by atoms with Crippen molar-refractivity contribution in [1.29, 1.82) is 0 Å². The van der Waals surface area contributed by atoms with E-state index < -0.39 is 5.91 Å². The lowest BCUT2D eigenvalue weighted by Gasteiger charge is -2.20. The molecule has 0 radical (unpaired) electrons. The minimum Gasteiger partial charge on any atom is -0.508 e. The topological polar surface area (TPSA) is 78.4 Å². The van der Waals surface area contributed by atoms with Crippen LogP contribution in [0.3, 0.4) is 0 Å². The van der Waals surface area contributed by atoms with Crippen LogP contribution in [0.15, 0.2) is 18.2 Å². The van der Waals surface area contributed by atoms with Gasteiger partial charge in [0.05, 0.1) is 17.1 Å². The van der Waals surface area contributed by atoms with Crippen molar-refractivity contribution >= 4 is 23.4 Å². The third kappa shape index (κ3) is 5.18. The van der Waals surface area contributed by atoms with Crippen LogP contribution in [-0.2, 0) is 4.79 Å². The number of hydrogen-bond donors (Lipinski definition) is 3. The highest BCUT2D eigenvalue weighted by atomic mass is 35.5. The molecule has 0 unspecified atom stereocenters. The zero-order valence-corrected chi connectivity index (χ0v) is 11.8. The zero-order chi connectivity index (χ0) is 14.6. The normalized spacial score (nSPS) is 10.9. The van der Waals surface area contributed by atoms with Crippen LogP contribution in [0.5, 0.6) is 5.75 Å². The van der Waals surface area contributed by atoms with E-state index >= 15 is 0 Å². The van der Waals surface area contributed by atoms with Crippen molar-refractivity contribution in [3.05, 3.63) is 28.8 Å². The quantitative estimate of drug-likeness (QED) is 0.790. The average molecular weight is 285 g/mol. The summed E-state index contributed by atoms with van der Waals surface area (Å²) in [6.45, 7) is 5.39. The van der Waals surface area contributed by atoms with E-state index in [4.69, 9.17) is 11.6 Å². The first-order chi connectivity index (χ1) is 8.69. The molecule has 0 spiro atoms. The van der Waals surface area contributed by atoms with Gasteiger partial charge in [0, 0.05) is 5.54 Å². The molecule has 19 heavy (non-hydrogen) atoms. The molecular weight excluding hydrogens is 268 g/mol. The lowest BCUT2D eigenvalue weighted by Crippen LogP contribution is -2.45. The fourth-order valence-electron chi connectivity index (χ4n) is 1.41. The lowest BCUT2D eigenvalue weighted by atomic mass is 10.1. The Morgan fingerprint density at radius 3 is 2.53 bits per heavy atom. The van der Waals surface area contributed by atoms with Crippen molar-refractivity contribution < 1.29 is 14.7 Å². The SMILES string of the molecule is CC(C)(C)NC(=O)CNC(=O)c1cc(O)ccc1Cl. The van der Waals surface area contributed by atoms with Gasteiger partial charge in [-0.25, -0.2) is 0 Å². The van der Waals surface area contributed by atoms with Crippen LogP contribution >= 0.6 is 11.6 Å². The molecule has 3 N–H and O–H groups in total. The van der Waals surface area contributed by atoms with Crippen LogP contribution < -0.4 is 10.6 Å². The molecule has 1 aromatic carbocycles. The highest BCUT2D eigenvalue weighted by Crippen LogP contribution is 2.20. The minimum absolute atomic E-state index is 0.0614. The van der Waals surface area contributed by atoms with Crippen molar-refractivity contribution in [2.75, 3.05) is 6.54 Å². The maximum absolute atomic E-state index is 11.8. The number of halogens is 1. The van der Waals surface area contributed by atoms with Crippen LogP contribution in [0, 0.1) is 0 Å². The standard InChI is InChI=1S/C13H17ClN2O3/c1-13(2,3)16-11(18)7-15-12(19)9-6-8(17)4-5-10(9)14/h4-6,17H,7H2,1-3H3,(H,15,19)(H,16,18). The number of hydrogen-bond acceptors (Lipinski definition) is 3. The number of amides is 2. The molecule has 0 bridgehead atoms. The van der Waals surface area contributed by atoms with Gasteiger partial charge in [-0.15, -0.1) is 0 Å². The van der Waals surface area contributed by atoms with Crippen molar-refractivity contribution in [2.45, 2.75) is 26.3 Å². The number of benzene rings is 1. The molecule has 1 aromatic rings. The van der Waals surface area contributed by atoms with E-state index in [-0.39, 0.29) is 34.3 Å². The van der Waals surface area contributed by atoms with Gasteiger partial charge >= 0.3 is 0 Å². The van der Waals surface area contributed by atoms with Gasteiger partial charge in [0.25, 0.3) is 5.91 Å². The number of phenols is 1. The first kappa shape index (κ1) is 15.3. The summed E-state index contributed by atoms with van der Waals surface area (Å²) in [6, 6.07) is 4.05. The van der Waals surface area contributed by atoms with Crippen molar-refractivity contribution in [2.24, 2.45) is 0 Å². The maximum Gasteiger partial charge on any atom is 0.253 e. The number of nitrogens with one attached hydrogen (secondary N) is 2. The Morgan fingerprint density at radius 1 is 1.32 bits per heavy atom. The maximum atomic E-state index is 11.8. The Labute approximate surface area is 117 Å². The van der Waals surface area contributed by atoms with Gasteiger partial charge in [0.2, 0.25) is 5.91 Å². The molecular formula is C13H17ClN2O3. The Kier molecular flexibility index (Phi) is 4.78. The van der Waals surface area contributed by atoms with E-state index in [1.54, 1.807) is 0 Å². The molecule has 6 heteroatoms. The molecule has 0 heterocycles. The second kappa shape index (κ2) is 5.93. The van der Waals surface area contributed by atoms with E-state index in [0.29, 0.717) is 0 Å². The average Bonchev–Trinajstić information content (AvgIpc) is 2.27. The summed E-state index contributed by atoms with van der Waals surface area (Å²) in [5, 5.41) is 14.7. The molecule has 0 aromatic heterocycles. The van der Waals surface area contributed by atoms with E-state index in [2.05, 4.69) is 10.6 Å². The summed E-state index contributed by atoms with van der Waals surface area (Å²) in [5.41, 5.74) is -0.227. The monoisotopic (exact) mass is 284 g/mol. The van der Waals surface area contributed by atoms with Gasteiger partial charge in [0.15, 0.2) is 0 Å². The van der Waals surface area contributed by atoms with Crippen molar-refractivity contribution in [1.82, 2.24) is 10.6 Å². The van der Waals surface area contributed by atoms with Crippen LogP contribution in [0.2, 0.25) is 5.02 Å². The minimum atomic E-state index is -0.509. The molecule has 0 saturated heterocycles. The largest absolute Gasteiger partial charge is 0.508 e. The predicted molar refractivity (Wildman–Crippen MR) is 73.3 cm³/mol. The molecule has 0 aliphatic rings. The van der Waals surface area contributed by atoms with Gasteiger partial charge in [-0.05, 0) is 39.0 Å². The second-order valence-electron chi connectivity index (χ2n) is 5.15. The molecule has 0 aliphatic heterocycles. The van der Waals surface area contributed by atoms with Gasteiger partial charge < -0.3 is 15.7 Å².